The van der Waals surface area contributed by atoms with Gasteiger partial charge in [0.15, 0.2) is 11.6 Å². The molecule has 1 aromatic heterocycles. The molecule has 0 spiro atoms. The minimum Gasteiger partial charge on any atom is -0.293 e. The van der Waals surface area contributed by atoms with Crippen molar-refractivity contribution in [1.82, 2.24) is 15.0 Å². The van der Waals surface area contributed by atoms with Gasteiger partial charge in [-0.25, -0.2) is 4.98 Å². The first-order valence-corrected chi connectivity index (χ1v) is 14.8. The van der Waals surface area contributed by atoms with Gasteiger partial charge >= 0.3 is 6.01 Å². The molecule has 1 heterocycles. The third-order valence-corrected chi connectivity index (χ3v) is 10.1. The van der Waals surface area contributed by atoms with E-state index in [-0.39, 0.29) is 6.01 Å². The first-order chi connectivity index (χ1) is 19.8. The number of benzene rings is 5. The minimum atomic E-state index is -2.68. The van der Waals surface area contributed by atoms with Crippen LogP contribution in [0.2, 0.25) is 0 Å². The molecule has 6 rings (SSSR count). The third-order valence-electron chi connectivity index (χ3n) is 6.63. The van der Waals surface area contributed by atoms with E-state index >= 15 is 0 Å². The molecule has 0 saturated carbocycles. The Morgan fingerprint density at radius 1 is 0.475 bits per heavy atom. The van der Waals surface area contributed by atoms with E-state index in [9.17, 15) is 0 Å². The van der Waals surface area contributed by atoms with Gasteiger partial charge in [0.2, 0.25) is 0 Å². The molecule has 0 unspecified atom stereocenters. The quantitative estimate of drug-likeness (QED) is 0.194. The van der Waals surface area contributed by atoms with Crippen molar-refractivity contribution in [3.05, 3.63) is 158 Å². The van der Waals surface area contributed by atoms with E-state index in [1.54, 1.807) is 0 Å². The van der Waals surface area contributed by atoms with E-state index in [0.29, 0.717) is 11.6 Å². The summed E-state index contributed by atoms with van der Waals surface area (Å²) in [5.41, 5.74) is 2.79. The molecular weight excluding hydrogens is 509 g/mol. The van der Waals surface area contributed by atoms with Crippen molar-refractivity contribution in [1.29, 1.82) is 0 Å². The minimum absolute atomic E-state index is 0.279. The normalized spacial score (nSPS) is 11.1. The Morgan fingerprint density at radius 3 is 1.30 bits per heavy atom. The number of hydrogen-bond donors (Lipinski definition) is 0. The Hall–Kier alpha value is -4.92. The van der Waals surface area contributed by atoms with Crippen LogP contribution in [-0.2, 0) is 0 Å². The zero-order valence-electron chi connectivity index (χ0n) is 21.8. The number of hydrogen-bond acceptors (Lipinski definition) is 4. The van der Waals surface area contributed by atoms with E-state index < -0.39 is 7.49 Å². The molecule has 40 heavy (non-hydrogen) atoms. The molecule has 0 aliphatic carbocycles. The van der Waals surface area contributed by atoms with Gasteiger partial charge in [0.25, 0.3) is 7.49 Å². The van der Waals surface area contributed by atoms with E-state index in [1.807, 2.05) is 78.9 Å². The lowest BCUT2D eigenvalue weighted by Gasteiger charge is -2.25. The predicted octanol–water partition coefficient (Wildman–Crippen LogP) is 7.14. The zero-order chi connectivity index (χ0) is 27.2. The molecule has 4 nitrogen and oxygen atoms in total. The molecule has 5 aromatic carbocycles. The topological polar surface area (TPSA) is 47.9 Å². The van der Waals surface area contributed by atoms with E-state index in [2.05, 4.69) is 79.4 Å². The lowest BCUT2D eigenvalue weighted by molar-refractivity contribution is 0.560. The van der Waals surface area contributed by atoms with Crippen LogP contribution in [-0.4, -0.2) is 15.0 Å². The SMILES string of the molecule is C=Cc1ccc(-c2nc(O[P+](c3ccccc3)(c3ccccc3)c3ccccc3)nc(-c3ccccc3)n2)cc1. The van der Waals surface area contributed by atoms with Crippen LogP contribution < -0.4 is 20.4 Å². The maximum Gasteiger partial charge on any atom is 0.367 e. The fourth-order valence-corrected chi connectivity index (χ4v) is 7.97. The fraction of sp³-hybridized carbons (Fsp3) is 0. The van der Waals surface area contributed by atoms with Crippen LogP contribution >= 0.6 is 7.49 Å². The molecule has 0 N–H and O–H groups in total. The van der Waals surface area contributed by atoms with Gasteiger partial charge in [-0.2, -0.15) is 9.97 Å². The van der Waals surface area contributed by atoms with Crippen LogP contribution in [0, 0.1) is 0 Å². The van der Waals surface area contributed by atoms with Crippen LogP contribution in [0.25, 0.3) is 28.9 Å². The largest absolute Gasteiger partial charge is 0.367 e. The van der Waals surface area contributed by atoms with Crippen LogP contribution in [0.5, 0.6) is 6.01 Å². The summed E-state index contributed by atoms with van der Waals surface area (Å²) in [5.74, 6) is 1.10. The Bertz CT molecular complexity index is 1610. The molecule has 0 saturated heterocycles. The number of nitrogens with zero attached hydrogens (tertiary/aromatic N) is 3. The van der Waals surface area contributed by atoms with Gasteiger partial charge in [-0.3, -0.25) is 4.52 Å². The monoisotopic (exact) mass is 536 g/mol. The summed E-state index contributed by atoms with van der Waals surface area (Å²) in [4.78, 5) is 14.7. The Labute approximate surface area is 235 Å². The molecule has 192 valence electrons. The Kier molecular flexibility index (Phi) is 7.26. The molecule has 0 atom stereocenters. The second kappa shape index (κ2) is 11.4. The molecule has 6 aromatic rings. The van der Waals surface area contributed by atoms with Gasteiger partial charge < -0.3 is 0 Å². The smallest absolute Gasteiger partial charge is 0.293 e. The first-order valence-electron chi connectivity index (χ1n) is 13.1. The van der Waals surface area contributed by atoms with Crippen molar-refractivity contribution < 1.29 is 4.52 Å². The highest BCUT2D eigenvalue weighted by molar-refractivity contribution is 7.92. The van der Waals surface area contributed by atoms with Gasteiger partial charge in [0, 0.05) is 11.1 Å². The van der Waals surface area contributed by atoms with Gasteiger partial charge in [-0.1, -0.05) is 122 Å². The van der Waals surface area contributed by atoms with Crippen LogP contribution in [0.4, 0.5) is 0 Å². The highest BCUT2D eigenvalue weighted by Gasteiger charge is 2.50. The average Bonchev–Trinajstić information content (AvgIpc) is 3.05. The van der Waals surface area contributed by atoms with Gasteiger partial charge in [0.05, 0.1) is 0 Å². The summed E-state index contributed by atoms with van der Waals surface area (Å²) >= 11 is 0. The molecule has 0 bridgehead atoms. The average molecular weight is 537 g/mol. The fourth-order valence-electron chi connectivity index (χ4n) is 4.65. The third kappa shape index (κ3) is 5.05. The number of rotatable bonds is 8. The summed E-state index contributed by atoms with van der Waals surface area (Å²) in [6.45, 7) is 3.87. The van der Waals surface area contributed by atoms with Gasteiger partial charge in [-0.15, -0.1) is 0 Å². The van der Waals surface area contributed by atoms with Crippen LogP contribution in [0.3, 0.4) is 0 Å². The first kappa shape index (κ1) is 25.4. The van der Waals surface area contributed by atoms with E-state index in [4.69, 9.17) is 19.5 Å². The summed E-state index contributed by atoms with van der Waals surface area (Å²) in [5, 5.41) is 3.22. The Balaban J connectivity index is 1.59. The predicted molar refractivity (Wildman–Crippen MR) is 167 cm³/mol. The highest BCUT2D eigenvalue weighted by Crippen LogP contribution is 2.55. The van der Waals surface area contributed by atoms with Crippen molar-refractivity contribution in [2.75, 3.05) is 0 Å². The lowest BCUT2D eigenvalue weighted by atomic mass is 10.1. The number of aromatic nitrogens is 3. The van der Waals surface area contributed by atoms with Crippen molar-refractivity contribution in [3.63, 3.8) is 0 Å². The summed E-state index contributed by atoms with van der Waals surface area (Å²) < 4.78 is 7.16. The molecule has 5 heteroatoms. The second-order valence-electron chi connectivity index (χ2n) is 9.16. The standard InChI is InChI=1S/C35H27N3OP/c1-2-27-23-25-29(26-24-27)34-36-33(28-15-7-3-8-16-28)37-35(38-34)39-40(30-17-9-4-10-18-30,31-19-11-5-12-20-31)32-21-13-6-14-22-32/h2-26H,1H2/q+1. The van der Waals surface area contributed by atoms with Crippen molar-refractivity contribution >= 4 is 29.5 Å². The van der Waals surface area contributed by atoms with Crippen molar-refractivity contribution in [2.45, 2.75) is 0 Å². The molecular formula is C35H27N3OP+. The van der Waals surface area contributed by atoms with Crippen molar-refractivity contribution in [2.24, 2.45) is 0 Å². The van der Waals surface area contributed by atoms with Gasteiger partial charge in [-0.05, 0) is 42.0 Å². The second-order valence-corrected chi connectivity index (χ2v) is 12.1. The maximum atomic E-state index is 7.16. The van der Waals surface area contributed by atoms with Crippen LogP contribution in [0.1, 0.15) is 5.56 Å². The molecule has 0 fully saturated rings. The molecule has 0 aliphatic rings. The zero-order valence-corrected chi connectivity index (χ0v) is 22.7. The Morgan fingerprint density at radius 2 is 0.875 bits per heavy atom. The summed E-state index contributed by atoms with van der Waals surface area (Å²) in [6.07, 6.45) is 1.82. The van der Waals surface area contributed by atoms with E-state index in [1.165, 1.54) is 0 Å². The van der Waals surface area contributed by atoms with Crippen LogP contribution in [0.15, 0.2) is 152 Å². The summed E-state index contributed by atoms with van der Waals surface area (Å²) in [7, 11) is -2.68. The van der Waals surface area contributed by atoms with Gasteiger partial charge in [0.1, 0.15) is 15.9 Å². The molecule has 0 amide bonds. The molecule has 0 aliphatic heterocycles. The highest BCUT2D eigenvalue weighted by atomic mass is 31.2. The summed E-state index contributed by atoms with van der Waals surface area (Å²) in [6, 6.07) is 49.4. The van der Waals surface area contributed by atoms with E-state index in [0.717, 1.165) is 32.6 Å². The maximum absolute atomic E-state index is 7.16. The van der Waals surface area contributed by atoms with Crippen molar-refractivity contribution in [3.8, 4) is 28.8 Å². The molecule has 0 radical (unpaired) electrons. The lowest BCUT2D eigenvalue weighted by Crippen LogP contribution is -2.35.